The number of nitrogens with one attached hydrogen (secondary N) is 4. The standard InChI is InChI=1S/C26H42N4O2S2/c1-27-15-24(20-34-18-22-7-11-26(32-4)12-8-22)30-14-13-29-16-23(28-2)19-33-17-21-5-9-25(31-3)10-6-21/h5-12,23-24,27-30H,13-20H2,1-4H3/t23-,24-/m1/s1. The minimum absolute atomic E-state index is 0.454. The number of ether oxygens (including phenoxy) is 2. The number of thioether (sulfide) groups is 2. The Morgan fingerprint density at radius 1 is 0.706 bits per heavy atom. The molecule has 0 radical (unpaired) electrons. The molecule has 8 heteroatoms. The molecule has 0 bridgehead atoms. The summed E-state index contributed by atoms with van der Waals surface area (Å²) in [6.07, 6.45) is 0. The topological polar surface area (TPSA) is 66.6 Å². The molecule has 2 aromatic rings. The van der Waals surface area contributed by atoms with E-state index in [1.54, 1.807) is 14.2 Å². The molecule has 0 amide bonds. The SMILES string of the molecule is CNC[C@H](CSCc1ccc(OC)cc1)NCCNC[C@H](CSCc1ccc(OC)cc1)NC. The van der Waals surface area contributed by atoms with Crippen LogP contribution in [0.5, 0.6) is 11.5 Å². The quantitative estimate of drug-likeness (QED) is 0.217. The van der Waals surface area contributed by atoms with E-state index < -0.39 is 0 Å². The number of benzene rings is 2. The van der Waals surface area contributed by atoms with Crippen LogP contribution >= 0.6 is 23.5 Å². The van der Waals surface area contributed by atoms with Crippen molar-refractivity contribution in [2.75, 3.05) is 66.0 Å². The zero-order valence-electron chi connectivity index (χ0n) is 21.1. The molecular weight excluding hydrogens is 464 g/mol. The maximum atomic E-state index is 5.23. The van der Waals surface area contributed by atoms with Gasteiger partial charge in [-0.25, -0.2) is 0 Å². The lowest BCUT2D eigenvalue weighted by atomic mass is 10.2. The second kappa shape index (κ2) is 17.9. The van der Waals surface area contributed by atoms with E-state index in [0.717, 1.165) is 60.7 Å². The van der Waals surface area contributed by atoms with Crippen molar-refractivity contribution in [3.8, 4) is 11.5 Å². The van der Waals surface area contributed by atoms with Crippen LogP contribution in [0.25, 0.3) is 0 Å². The van der Waals surface area contributed by atoms with Crippen molar-refractivity contribution in [3.05, 3.63) is 59.7 Å². The van der Waals surface area contributed by atoms with Crippen molar-refractivity contribution in [3.63, 3.8) is 0 Å². The monoisotopic (exact) mass is 506 g/mol. The van der Waals surface area contributed by atoms with Gasteiger partial charge in [0.05, 0.1) is 14.2 Å². The number of hydrogen-bond acceptors (Lipinski definition) is 8. The molecule has 2 aromatic carbocycles. The summed E-state index contributed by atoms with van der Waals surface area (Å²) in [7, 11) is 7.46. The van der Waals surface area contributed by atoms with Crippen LogP contribution in [0.15, 0.2) is 48.5 Å². The molecule has 0 saturated heterocycles. The maximum absolute atomic E-state index is 5.23. The minimum Gasteiger partial charge on any atom is -0.497 e. The predicted octanol–water partition coefficient (Wildman–Crippen LogP) is 3.23. The summed E-state index contributed by atoms with van der Waals surface area (Å²) in [5, 5.41) is 14.0. The van der Waals surface area contributed by atoms with Crippen LogP contribution in [0.1, 0.15) is 11.1 Å². The molecule has 0 heterocycles. The Hall–Kier alpha value is -1.42. The van der Waals surface area contributed by atoms with Gasteiger partial charge in [-0.1, -0.05) is 24.3 Å². The third-order valence-corrected chi connectivity index (χ3v) is 7.83. The van der Waals surface area contributed by atoms with Gasteiger partial charge in [0.25, 0.3) is 0 Å². The second-order valence-electron chi connectivity index (χ2n) is 8.12. The Kier molecular flexibility index (Phi) is 15.2. The van der Waals surface area contributed by atoms with Crippen molar-refractivity contribution in [2.45, 2.75) is 23.6 Å². The molecule has 0 fully saturated rings. The molecule has 0 aliphatic rings. The first-order valence-corrected chi connectivity index (χ1v) is 14.2. The molecule has 0 spiro atoms. The van der Waals surface area contributed by atoms with E-state index in [1.807, 2.05) is 61.9 Å². The average Bonchev–Trinajstić information content (AvgIpc) is 2.88. The third-order valence-electron chi connectivity index (χ3n) is 5.48. The van der Waals surface area contributed by atoms with Crippen molar-refractivity contribution >= 4 is 23.5 Å². The molecule has 2 atom stereocenters. The van der Waals surface area contributed by atoms with Gasteiger partial charge in [0.1, 0.15) is 11.5 Å². The van der Waals surface area contributed by atoms with E-state index in [2.05, 4.69) is 45.5 Å². The zero-order valence-corrected chi connectivity index (χ0v) is 22.7. The van der Waals surface area contributed by atoms with Crippen LogP contribution in [-0.2, 0) is 11.5 Å². The van der Waals surface area contributed by atoms with E-state index in [-0.39, 0.29) is 0 Å². The van der Waals surface area contributed by atoms with Gasteiger partial charge < -0.3 is 30.7 Å². The van der Waals surface area contributed by atoms with Crippen molar-refractivity contribution in [1.82, 2.24) is 21.3 Å². The summed E-state index contributed by atoms with van der Waals surface area (Å²) in [5.41, 5.74) is 2.66. The van der Waals surface area contributed by atoms with Crippen LogP contribution in [0.2, 0.25) is 0 Å². The van der Waals surface area contributed by atoms with E-state index >= 15 is 0 Å². The van der Waals surface area contributed by atoms with Gasteiger partial charge in [0.15, 0.2) is 0 Å². The predicted molar refractivity (Wildman–Crippen MR) is 150 cm³/mol. The lowest BCUT2D eigenvalue weighted by Gasteiger charge is -2.20. The fraction of sp³-hybridized carbons (Fsp3) is 0.538. The summed E-state index contributed by atoms with van der Waals surface area (Å²) in [6, 6.07) is 17.6. The summed E-state index contributed by atoms with van der Waals surface area (Å²) < 4.78 is 10.5. The van der Waals surface area contributed by atoms with E-state index in [0.29, 0.717) is 12.1 Å². The smallest absolute Gasteiger partial charge is 0.118 e. The van der Waals surface area contributed by atoms with Crippen LogP contribution < -0.4 is 30.7 Å². The average molecular weight is 507 g/mol. The Balaban J connectivity index is 1.57. The highest BCUT2D eigenvalue weighted by atomic mass is 32.2. The van der Waals surface area contributed by atoms with Gasteiger partial charge in [-0.3, -0.25) is 0 Å². The molecule has 0 aliphatic carbocycles. The van der Waals surface area contributed by atoms with E-state index in [9.17, 15) is 0 Å². The van der Waals surface area contributed by atoms with Gasteiger partial charge in [-0.2, -0.15) is 23.5 Å². The summed E-state index contributed by atoms with van der Waals surface area (Å²) in [4.78, 5) is 0. The molecule has 6 nitrogen and oxygen atoms in total. The van der Waals surface area contributed by atoms with Gasteiger partial charge in [-0.15, -0.1) is 0 Å². The van der Waals surface area contributed by atoms with Crippen molar-refractivity contribution in [1.29, 1.82) is 0 Å². The first-order valence-electron chi connectivity index (χ1n) is 11.9. The van der Waals surface area contributed by atoms with Gasteiger partial charge in [-0.05, 0) is 49.5 Å². The largest absolute Gasteiger partial charge is 0.497 e. The Labute approximate surface area is 214 Å². The summed E-state index contributed by atoms with van der Waals surface area (Å²) in [5.74, 6) is 6.01. The second-order valence-corrected chi connectivity index (χ2v) is 10.2. The summed E-state index contributed by atoms with van der Waals surface area (Å²) in [6.45, 7) is 3.86. The normalized spacial score (nSPS) is 12.9. The molecule has 190 valence electrons. The molecular formula is C26H42N4O2S2. The van der Waals surface area contributed by atoms with Gasteiger partial charge in [0, 0.05) is 61.3 Å². The van der Waals surface area contributed by atoms with Crippen LogP contribution in [0.3, 0.4) is 0 Å². The van der Waals surface area contributed by atoms with Crippen molar-refractivity contribution in [2.24, 2.45) is 0 Å². The first kappa shape index (κ1) is 28.8. The summed E-state index contributed by atoms with van der Waals surface area (Å²) >= 11 is 3.93. The van der Waals surface area contributed by atoms with E-state index in [4.69, 9.17) is 9.47 Å². The Morgan fingerprint density at radius 3 is 1.71 bits per heavy atom. The highest BCUT2D eigenvalue weighted by Crippen LogP contribution is 2.18. The Morgan fingerprint density at radius 2 is 1.24 bits per heavy atom. The fourth-order valence-electron chi connectivity index (χ4n) is 3.40. The highest BCUT2D eigenvalue weighted by molar-refractivity contribution is 7.98. The van der Waals surface area contributed by atoms with Crippen LogP contribution in [0.4, 0.5) is 0 Å². The maximum Gasteiger partial charge on any atom is 0.118 e. The number of hydrogen-bond donors (Lipinski definition) is 4. The molecule has 4 N–H and O–H groups in total. The molecule has 34 heavy (non-hydrogen) atoms. The van der Waals surface area contributed by atoms with Gasteiger partial charge in [0.2, 0.25) is 0 Å². The van der Waals surface area contributed by atoms with Crippen LogP contribution in [-0.4, -0.2) is 78.1 Å². The van der Waals surface area contributed by atoms with Gasteiger partial charge >= 0.3 is 0 Å². The van der Waals surface area contributed by atoms with Crippen LogP contribution in [0, 0.1) is 0 Å². The third kappa shape index (κ3) is 11.8. The fourth-order valence-corrected chi connectivity index (χ4v) is 5.58. The lowest BCUT2D eigenvalue weighted by Crippen LogP contribution is -2.44. The lowest BCUT2D eigenvalue weighted by molar-refractivity contribution is 0.414. The highest BCUT2D eigenvalue weighted by Gasteiger charge is 2.09. The molecule has 0 aromatic heterocycles. The first-order chi connectivity index (χ1) is 16.7. The number of rotatable bonds is 19. The Bertz CT molecular complexity index is 762. The van der Waals surface area contributed by atoms with Crippen molar-refractivity contribution < 1.29 is 9.47 Å². The number of methoxy groups -OCH3 is 2. The van der Waals surface area contributed by atoms with E-state index in [1.165, 1.54) is 11.1 Å². The minimum atomic E-state index is 0.454. The molecule has 2 rings (SSSR count). The molecule has 0 aliphatic heterocycles. The molecule has 0 saturated carbocycles. The zero-order chi connectivity index (χ0) is 24.4. The molecule has 0 unspecified atom stereocenters. The number of likely N-dealkylation sites (N-methyl/N-ethyl adjacent to an activating group) is 2.